The Bertz CT molecular complexity index is 1280. The van der Waals surface area contributed by atoms with Crippen LogP contribution in [0, 0.1) is 12.8 Å². The minimum atomic E-state index is -0.416. The van der Waals surface area contributed by atoms with Crippen LogP contribution in [0.25, 0.3) is 17.3 Å². The van der Waals surface area contributed by atoms with E-state index < -0.39 is 5.97 Å². The first kappa shape index (κ1) is 27.0. The Labute approximate surface area is 225 Å². The molecule has 0 spiro atoms. The maximum atomic E-state index is 13.8. The number of benzene rings is 1. The number of nitrogens with zero attached hydrogens (tertiary/aromatic N) is 4. The second-order valence-corrected chi connectivity index (χ2v) is 10.1. The Morgan fingerprint density at radius 3 is 2.42 bits per heavy atom. The fourth-order valence-corrected chi connectivity index (χ4v) is 4.82. The number of rotatable bonds is 8. The predicted octanol–water partition coefficient (Wildman–Crippen LogP) is 5.82. The summed E-state index contributed by atoms with van der Waals surface area (Å²) in [5, 5.41) is 0. The Morgan fingerprint density at radius 2 is 1.79 bits per heavy atom. The summed E-state index contributed by atoms with van der Waals surface area (Å²) >= 11 is 0. The summed E-state index contributed by atoms with van der Waals surface area (Å²) in [6.45, 7) is 2.41. The number of ether oxygens (including phenoxy) is 1. The molecule has 2 heterocycles. The summed E-state index contributed by atoms with van der Waals surface area (Å²) in [5.74, 6) is 0.639. The highest BCUT2D eigenvalue weighted by Gasteiger charge is 2.27. The van der Waals surface area contributed by atoms with Crippen molar-refractivity contribution in [2.75, 3.05) is 31.0 Å². The molecule has 1 fully saturated rings. The second kappa shape index (κ2) is 12.5. The molecule has 0 saturated heterocycles. The van der Waals surface area contributed by atoms with Crippen LogP contribution in [0.4, 0.5) is 11.5 Å². The number of methoxy groups -OCH3 is 1. The van der Waals surface area contributed by atoms with Gasteiger partial charge in [0, 0.05) is 49.7 Å². The van der Waals surface area contributed by atoms with Gasteiger partial charge in [-0.25, -0.2) is 9.78 Å². The molecule has 1 aliphatic rings. The molecule has 7 nitrogen and oxygen atoms in total. The Morgan fingerprint density at radius 1 is 1.00 bits per heavy atom. The van der Waals surface area contributed by atoms with Crippen molar-refractivity contribution in [2.24, 2.45) is 5.92 Å². The molecule has 3 aromatic rings. The molecule has 1 amide bonds. The molecule has 38 heavy (non-hydrogen) atoms. The molecule has 4 rings (SSSR count). The monoisotopic (exact) mass is 512 g/mol. The van der Waals surface area contributed by atoms with Gasteiger partial charge in [-0.05, 0) is 72.9 Å². The Balaban J connectivity index is 1.62. The first-order valence-corrected chi connectivity index (χ1v) is 13.1. The number of carbonyl (C=O) groups excluding carboxylic acids is 2. The molecule has 0 bridgehead atoms. The first-order valence-electron chi connectivity index (χ1n) is 13.1. The standard InChI is InChI=1S/C31H36N4O3/c1-22-16-23(11-15-30(36)38-4)18-27(17-22)35(31(37)25-8-6-5-7-9-25)21-24-10-13-28(32-19-24)26-12-14-29(33-20-26)34(2)3/h10-20,25H,5-9,21H2,1-4H3/b15-11+. The fraction of sp³-hybridized carbons (Fsp3) is 0.355. The average molecular weight is 513 g/mol. The van der Waals surface area contributed by atoms with Crippen LogP contribution in [0.1, 0.15) is 48.8 Å². The van der Waals surface area contributed by atoms with Crippen LogP contribution in [0.2, 0.25) is 0 Å². The number of hydrogen-bond donors (Lipinski definition) is 0. The number of aromatic nitrogens is 2. The highest BCUT2D eigenvalue weighted by molar-refractivity contribution is 5.95. The molecule has 0 radical (unpaired) electrons. The van der Waals surface area contributed by atoms with Crippen LogP contribution < -0.4 is 9.80 Å². The topological polar surface area (TPSA) is 75.6 Å². The van der Waals surface area contributed by atoms with Gasteiger partial charge in [0.15, 0.2) is 0 Å². The fourth-order valence-electron chi connectivity index (χ4n) is 4.82. The van der Waals surface area contributed by atoms with E-state index in [1.807, 2.05) is 85.7 Å². The number of aryl methyl sites for hydroxylation is 1. The van der Waals surface area contributed by atoms with Gasteiger partial charge in [-0.1, -0.05) is 31.4 Å². The minimum Gasteiger partial charge on any atom is -0.466 e. The maximum absolute atomic E-state index is 13.8. The van der Waals surface area contributed by atoms with Crippen molar-refractivity contribution >= 4 is 29.5 Å². The van der Waals surface area contributed by atoms with Crippen molar-refractivity contribution in [1.29, 1.82) is 0 Å². The quantitative estimate of drug-likeness (QED) is 0.280. The number of amides is 1. The van der Waals surface area contributed by atoms with Gasteiger partial charge >= 0.3 is 5.97 Å². The van der Waals surface area contributed by atoms with E-state index >= 15 is 0 Å². The summed E-state index contributed by atoms with van der Waals surface area (Å²) in [4.78, 5) is 38.5. The third-order valence-corrected chi connectivity index (χ3v) is 6.90. The lowest BCUT2D eigenvalue weighted by Gasteiger charge is -2.30. The molecule has 2 aromatic heterocycles. The summed E-state index contributed by atoms with van der Waals surface area (Å²) in [6, 6.07) is 13.9. The van der Waals surface area contributed by atoms with E-state index in [1.165, 1.54) is 19.6 Å². The van der Waals surface area contributed by atoms with Crippen molar-refractivity contribution in [1.82, 2.24) is 9.97 Å². The van der Waals surface area contributed by atoms with E-state index in [9.17, 15) is 9.59 Å². The van der Waals surface area contributed by atoms with E-state index in [0.717, 1.165) is 65.1 Å². The smallest absolute Gasteiger partial charge is 0.330 e. The van der Waals surface area contributed by atoms with Crippen LogP contribution in [-0.4, -0.2) is 43.0 Å². The van der Waals surface area contributed by atoms with Crippen LogP contribution in [0.15, 0.2) is 60.9 Å². The van der Waals surface area contributed by atoms with Crippen molar-refractivity contribution in [3.05, 3.63) is 77.6 Å². The van der Waals surface area contributed by atoms with Crippen LogP contribution in [0.3, 0.4) is 0 Å². The molecular formula is C31H36N4O3. The number of anilines is 2. The van der Waals surface area contributed by atoms with E-state index in [1.54, 1.807) is 6.08 Å². The summed E-state index contributed by atoms with van der Waals surface area (Å²) < 4.78 is 4.73. The average Bonchev–Trinajstić information content (AvgIpc) is 2.94. The Kier molecular flexibility index (Phi) is 8.89. The highest BCUT2D eigenvalue weighted by Crippen LogP contribution is 2.30. The lowest BCUT2D eigenvalue weighted by molar-refractivity contribution is -0.134. The van der Waals surface area contributed by atoms with E-state index in [-0.39, 0.29) is 11.8 Å². The predicted molar refractivity (Wildman–Crippen MR) is 152 cm³/mol. The van der Waals surface area contributed by atoms with Crippen molar-refractivity contribution < 1.29 is 14.3 Å². The van der Waals surface area contributed by atoms with Crippen molar-refractivity contribution in [2.45, 2.75) is 45.6 Å². The molecule has 0 atom stereocenters. The molecule has 0 N–H and O–H groups in total. The minimum absolute atomic E-state index is 0.0202. The van der Waals surface area contributed by atoms with E-state index in [2.05, 4.69) is 9.97 Å². The van der Waals surface area contributed by atoms with Gasteiger partial charge in [-0.3, -0.25) is 9.78 Å². The first-order chi connectivity index (χ1) is 18.3. The summed E-state index contributed by atoms with van der Waals surface area (Å²) in [5.41, 5.74) is 5.40. The Hall–Kier alpha value is -4.00. The van der Waals surface area contributed by atoms with Crippen LogP contribution in [-0.2, 0) is 20.9 Å². The lowest BCUT2D eigenvalue weighted by Crippen LogP contribution is -2.36. The SMILES string of the molecule is COC(=O)/C=C/c1cc(C)cc(N(Cc2ccc(-c3ccc(N(C)C)nc3)nc2)C(=O)C2CCCCC2)c1. The van der Waals surface area contributed by atoms with Crippen molar-refractivity contribution in [3.63, 3.8) is 0 Å². The highest BCUT2D eigenvalue weighted by atomic mass is 16.5. The van der Waals surface area contributed by atoms with Gasteiger partial charge in [0.1, 0.15) is 5.82 Å². The number of hydrogen-bond acceptors (Lipinski definition) is 6. The van der Waals surface area contributed by atoms with Gasteiger partial charge in [-0.15, -0.1) is 0 Å². The molecule has 1 saturated carbocycles. The zero-order valence-electron chi connectivity index (χ0n) is 22.7. The maximum Gasteiger partial charge on any atom is 0.330 e. The largest absolute Gasteiger partial charge is 0.466 e. The molecule has 7 heteroatoms. The van der Waals surface area contributed by atoms with Gasteiger partial charge in [-0.2, -0.15) is 0 Å². The number of carbonyl (C=O) groups is 2. The molecule has 0 unspecified atom stereocenters. The number of esters is 1. The second-order valence-electron chi connectivity index (χ2n) is 10.1. The van der Waals surface area contributed by atoms with Crippen LogP contribution >= 0.6 is 0 Å². The molecular weight excluding hydrogens is 476 g/mol. The van der Waals surface area contributed by atoms with E-state index in [4.69, 9.17) is 4.74 Å². The molecule has 1 aliphatic carbocycles. The molecule has 198 valence electrons. The lowest BCUT2D eigenvalue weighted by atomic mass is 9.88. The molecule has 0 aliphatic heterocycles. The molecule has 1 aromatic carbocycles. The third-order valence-electron chi connectivity index (χ3n) is 6.90. The number of pyridine rings is 2. The van der Waals surface area contributed by atoms with Gasteiger partial charge in [0.05, 0.1) is 19.3 Å². The normalized spacial score (nSPS) is 13.9. The van der Waals surface area contributed by atoms with Gasteiger partial charge in [0.2, 0.25) is 5.91 Å². The van der Waals surface area contributed by atoms with Gasteiger partial charge in [0.25, 0.3) is 0 Å². The third kappa shape index (κ3) is 6.85. The van der Waals surface area contributed by atoms with Crippen molar-refractivity contribution in [3.8, 4) is 11.3 Å². The van der Waals surface area contributed by atoms with E-state index in [0.29, 0.717) is 6.54 Å². The van der Waals surface area contributed by atoms with Gasteiger partial charge < -0.3 is 14.5 Å². The van der Waals surface area contributed by atoms with Crippen LogP contribution in [0.5, 0.6) is 0 Å². The zero-order valence-corrected chi connectivity index (χ0v) is 22.7. The zero-order chi connectivity index (χ0) is 27.1. The summed E-state index contributed by atoms with van der Waals surface area (Å²) in [6.07, 6.45) is 12.0. The summed E-state index contributed by atoms with van der Waals surface area (Å²) in [7, 11) is 5.28.